The van der Waals surface area contributed by atoms with Gasteiger partial charge in [0.15, 0.2) is 0 Å². The topological polar surface area (TPSA) is 68.8 Å². The lowest BCUT2D eigenvalue weighted by atomic mass is 10.1. The Balaban J connectivity index is 1.84. The molecule has 4 amide bonds. The molecule has 1 aromatic rings. The van der Waals surface area contributed by atoms with E-state index in [4.69, 9.17) is 0 Å². The maximum atomic E-state index is 12.6. The molecule has 118 valence electrons. The Kier molecular flexibility index (Phi) is 3.42. The Morgan fingerprint density at radius 1 is 1.05 bits per heavy atom. The molecule has 0 aliphatic carbocycles. The quantitative estimate of drug-likeness (QED) is 0.903. The van der Waals surface area contributed by atoms with E-state index in [1.54, 1.807) is 15.9 Å². The number of hydrogen-bond donors (Lipinski definition) is 1. The van der Waals surface area contributed by atoms with Crippen LogP contribution in [0.25, 0.3) is 0 Å². The molecule has 0 radical (unpaired) electrons. The van der Waals surface area contributed by atoms with Crippen molar-refractivity contribution in [3.05, 3.63) is 18.2 Å². The fourth-order valence-electron chi connectivity index (χ4n) is 2.77. The van der Waals surface area contributed by atoms with Crippen LogP contribution in [0.2, 0.25) is 0 Å². The first-order valence-corrected chi connectivity index (χ1v) is 7.49. The first kappa shape index (κ1) is 14.6. The van der Waals surface area contributed by atoms with Crippen molar-refractivity contribution in [1.82, 2.24) is 15.2 Å². The number of pyridine rings is 1. The average Bonchev–Trinajstić information content (AvgIpc) is 3.04. The molecule has 2 saturated heterocycles. The number of urea groups is 2. The van der Waals surface area contributed by atoms with Crippen LogP contribution in [0, 0.1) is 0 Å². The van der Waals surface area contributed by atoms with Gasteiger partial charge in [-0.2, -0.15) is 0 Å². The molecular formula is C15H21N5O2. The van der Waals surface area contributed by atoms with Crippen molar-refractivity contribution in [2.45, 2.75) is 26.3 Å². The highest BCUT2D eigenvalue weighted by Gasteiger charge is 2.37. The third-order valence-corrected chi connectivity index (χ3v) is 3.95. The highest BCUT2D eigenvalue weighted by Crippen LogP contribution is 2.26. The van der Waals surface area contributed by atoms with Gasteiger partial charge in [0.1, 0.15) is 11.6 Å². The summed E-state index contributed by atoms with van der Waals surface area (Å²) in [5, 5.41) is 2.75. The summed E-state index contributed by atoms with van der Waals surface area (Å²) < 4.78 is 0. The zero-order chi connectivity index (χ0) is 15.9. The fourth-order valence-corrected chi connectivity index (χ4v) is 2.77. The molecule has 0 spiro atoms. The molecule has 0 atom stereocenters. The van der Waals surface area contributed by atoms with E-state index in [-0.39, 0.29) is 17.6 Å². The maximum Gasteiger partial charge on any atom is 0.326 e. The molecule has 0 unspecified atom stereocenters. The zero-order valence-electron chi connectivity index (χ0n) is 13.2. The lowest BCUT2D eigenvalue weighted by Gasteiger charge is -2.31. The first-order chi connectivity index (χ1) is 10.4. The number of anilines is 2. The van der Waals surface area contributed by atoms with Crippen LogP contribution in [-0.2, 0) is 0 Å². The Labute approximate surface area is 129 Å². The lowest BCUT2D eigenvalue weighted by Crippen LogP contribution is -2.44. The van der Waals surface area contributed by atoms with Gasteiger partial charge in [0, 0.05) is 31.7 Å². The molecule has 2 aliphatic heterocycles. The highest BCUT2D eigenvalue weighted by atomic mass is 16.2. The Hall–Kier alpha value is -2.31. The smallest absolute Gasteiger partial charge is 0.326 e. The van der Waals surface area contributed by atoms with Crippen molar-refractivity contribution in [2.75, 3.05) is 36.0 Å². The number of hydrogen-bond acceptors (Lipinski definition) is 3. The van der Waals surface area contributed by atoms with Gasteiger partial charge < -0.3 is 10.2 Å². The summed E-state index contributed by atoms with van der Waals surface area (Å²) in [7, 11) is 0. The second kappa shape index (κ2) is 5.15. The minimum absolute atomic E-state index is 0.0389. The van der Waals surface area contributed by atoms with Gasteiger partial charge in [0.05, 0.1) is 0 Å². The normalized spacial score (nSPS) is 19.1. The predicted molar refractivity (Wildman–Crippen MR) is 84.2 cm³/mol. The van der Waals surface area contributed by atoms with E-state index in [0.29, 0.717) is 37.8 Å². The van der Waals surface area contributed by atoms with E-state index >= 15 is 0 Å². The van der Waals surface area contributed by atoms with Crippen LogP contribution in [0.1, 0.15) is 20.8 Å². The van der Waals surface area contributed by atoms with Crippen LogP contribution in [-0.4, -0.2) is 53.7 Å². The second-order valence-electron chi connectivity index (χ2n) is 6.49. The highest BCUT2D eigenvalue weighted by molar-refractivity contribution is 5.95. The van der Waals surface area contributed by atoms with Gasteiger partial charge in [-0.15, -0.1) is 0 Å². The van der Waals surface area contributed by atoms with Crippen molar-refractivity contribution in [1.29, 1.82) is 0 Å². The van der Waals surface area contributed by atoms with Crippen molar-refractivity contribution < 1.29 is 9.59 Å². The summed E-state index contributed by atoms with van der Waals surface area (Å²) >= 11 is 0. The van der Waals surface area contributed by atoms with Crippen LogP contribution in [0.15, 0.2) is 18.2 Å². The number of rotatable bonds is 2. The molecule has 3 heterocycles. The summed E-state index contributed by atoms with van der Waals surface area (Å²) in [6.45, 7) is 8.56. The Morgan fingerprint density at radius 3 is 2.27 bits per heavy atom. The molecule has 7 nitrogen and oxygen atoms in total. The maximum absolute atomic E-state index is 12.6. The summed E-state index contributed by atoms with van der Waals surface area (Å²) in [5.74, 6) is 1.17. The minimum Gasteiger partial charge on any atom is -0.336 e. The SMILES string of the molecule is CC(C)(C)N1CCN(c2cccc(N3CCNC3=O)n2)C1=O. The van der Waals surface area contributed by atoms with E-state index in [9.17, 15) is 9.59 Å². The third kappa shape index (κ3) is 2.47. The summed E-state index contributed by atoms with van der Waals surface area (Å²) in [4.78, 5) is 33.9. The largest absolute Gasteiger partial charge is 0.336 e. The van der Waals surface area contributed by atoms with Crippen LogP contribution in [0.3, 0.4) is 0 Å². The van der Waals surface area contributed by atoms with Crippen molar-refractivity contribution in [3.8, 4) is 0 Å². The molecule has 1 N–H and O–H groups in total. The van der Waals surface area contributed by atoms with Gasteiger partial charge in [0.2, 0.25) is 0 Å². The number of amides is 4. The predicted octanol–water partition coefficient (Wildman–Crippen LogP) is 1.65. The summed E-state index contributed by atoms with van der Waals surface area (Å²) in [5.41, 5.74) is -0.210. The second-order valence-corrected chi connectivity index (χ2v) is 6.49. The monoisotopic (exact) mass is 303 g/mol. The number of nitrogens with one attached hydrogen (secondary N) is 1. The van der Waals surface area contributed by atoms with Gasteiger partial charge in [-0.25, -0.2) is 14.6 Å². The van der Waals surface area contributed by atoms with E-state index in [0.717, 1.165) is 0 Å². The van der Waals surface area contributed by atoms with Gasteiger partial charge in [-0.05, 0) is 32.9 Å². The van der Waals surface area contributed by atoms with E-state index in [2.05, 4.69) is 10.3 Å². The standard InChI is InChI=1S/C15H21N5O2/c1-15(2,3)20-10-9-19(14(20)22)12-6-4-5-11(17-12)18-8-7-16-13(18)21/h4-6H,7-10H2,1-3H3,(H,16,21). The van der Waals surface area contributed by atoms with Crippen molar-refractivity contribution in [3.63, 3.8) is 0 Å². The summed E-state index contributed by atoms with van der Waals surface area (Å²) in [6.07, 6.45) is 0. The number of carbonyl (C=O) groups is 2. The van der Waals surface area contributed by atoms with Crippen molar-refractivity contribution in [2.24, 2.45) is 0 Å². The molecule has 2 aliphatic rings. The zero-order valence-corrected chi connectivity index (χ0v) is 13.2. The molecule has 7 heteroatoms. The Morgan fingerprint density at radius 2 is 1.73 bits per heavy atom. The molecular weight excluding hydrogens is 282 g/mol. The van der Waals surface area contributed by atoms with Gasteiger partial charge in [-0.3, -0.25) is 9.80 Å². The lowest BCUT2D eigenvalue weighted by molar-refractivity contribution is 0.173. The summed E-state index contributed by atoms with van der Waals surface area (Å²) in [6, 6.07) is 5.24. The van der Waals surface area contributed by atoms with Crippen LogP contribution < -0.4 is 15.1 Å². The third-order valence-electron chi connectivity index (χ3n) is 3.95. The molecule has 22 heavy (non-hydrogen) atoms. The van der Waals surface area contributed by atoms with Gasteiger partial charge >= 0.3 is 12.1 Å². The van der Waals surface area contributed by atoms with E-state index in [1.165, 1.54) is 0 Å². The number of nitrogens with zero attached hydrogens (tertiary/aromatic N) is 4. The van der Waals surface area contributed by atoms with Gasteiger partial charge in [-0.1, -0.05) is 6.07 Å². The molecule has 3 rings (SSSR count). The number of carbonyl (C=O) groups excluding carboxylic acids is 2. The first-order valence-electron chi connectivity index (χ1n) is 7.49. The molecule has 0 aromatic carbocycles. The molecule has 0 saturated carbocycles. The molecule has 1 aromatic heterocycles. The van der Waals surface area contributed by atoms with Crippen LogP contribution in [0.5, 0.6) is 0 Å². The molecule has 0 bridgehead atoms. The van der Waals surface area contributed by atoms with Crippen LogP contribution in [0.4, 0.5) is 21.2 Å². The van der Waals surface area contributed by atoms with Gasteiger partial charge in [0.25, 0.3) is 0 Å². The van der Waals surface area contributed by atoms with Crippen molar-refractivity contribution >= 4 is 23.7 Å². The van der Waals surface area contributed by atoms with Crippen LogP contribution >= 0.6 is 0 Å². The Bertz CT molecular complexity index is 610. The molecule has 2 fully saturated rings. The minimum atomic E-state index is -0.210. The fraction of sp³-hybridized carbons (Fsp3) is 0.533. The average molecular weight is 303 g/mol. The van der Waals surface area contributed by atoms with E-state index < -0.39 is 0 Å². The number of aromatic nitrogens is 1. The van der Waals surface area contributed by atoms with E-state index in [1.807, 2.05) is 37.8 Å².